The van der Waals surface area contributed by atoms with Crippen LogP contribution in [0.1, 0.15) is 12.0 Å². The van der Waals surface area contributed by atoms with Gasteiger partial charge in [0.15, 0.2) is 0 Å². The van der Waals surface area contributed by atoms with Crippen molar-refractivity contribution in [2.24, 2.45) is 5.11 Å². The maximum atomic E-state index is 8.15. The highest BCUT2D eigenvalue weighted by Gasteiger charge is 2.01. The number of benzene rings is 1. The molecule has 0 aliphatic rings. The molecule has 0 aliphatic heterocycles. The highest BCUT2D eigenvalue weighted by atomic mass is 35.5. The van der Waals surface area contributed by atoms with Gasteiger partial charge in [-0.15, -0.1) is 0 Å². The molecule has 2 aromatic rings. The molecule has 0 atom stereocenters. The Morgan fingerprint density at radius 3 is 3.06 bits per heavy atom. The van der Waals surface area contributed by atoms with Crippen LogP contribution in [0, 0.1) is 0 Å². The van der Waals surface area contributed by atoms with Crippen LogP contribution in [0.25, 0.3) is 27.4 Å². The highest BCUT2D eigenvalue weighted by Crippen LogP contribution is 2.21. The summed E-state index contributed by atoms with van der Waals surface area (Å²) in [6.07, 6.45) is 4.51. The van der Waals surface area contributed by atoms with Crippen molar-refractivity contribution in [2.75, 3.05) is 6.54 Å². The summed E-state index contributed by atoms with van der Waals surface area (Å²) in [6, 6.07) is 9.81. The van der Waals surface area contributed by atoms with Gasteiger partial charge in [-0.3, -0.25) is 0 Å². The van der Waals surface area contributed by atoms with Gasteiger partial charge in [-0.1, -0.05) is 47.1 Å². The van der Waals surface area contributed by atoms with E-state index in [-0.39, 0.29) is 0 Å². The summed E-state index contributed by atoms with van der Waals surface area (Å²) in [6.45, 7) is 0.450. The first kappa shape index (κ1) is 12.4. The van der Waals surface area contributed by atoms with E-state index in [2.05, 4.69) is 15.0 Å². The maximum Gasteiger partial charge on any atom is 0.136 e. The second-order valence-electron chi connectivity index (χ2n) is 3.71. The molecule has 0 saturated carbocycles. The third-order valence-corrected chi connectivity index (χ3v) is 2.76. The minimum atomic E-state index is 0.450. The molecular formula is C13H11ClN4. The molecule has 0 fully saturated rings. The number of aromatic nitrogens is 1. The van der Waals surface area contributed by atoms with Crippen LogP contribution in [0.2, 0.25) is 5.15 Å². The molecule has 0 radical (unpaired) electrons. The Morgan fingerprint density at radius 1 is 1.39 bits per heavy atom. The molecule has 18 heavy (non-hydrogen) atoms. The Balaban J connectivity index is 2.22. The first-order chi connectivity index (χ1) is 8.81. The van der Waals surface area contributed by atoms with Gasteiger partial charge in [0, 0.05) is 22.4 Å². The molecule has 0 unspecified atom stereocenters. The maximum absolute atomic E-state index is 8.15. The molecule has 5 heteroatoms. The molecule has 0 aliphatic carbocycles. The lowest BCUT2D eigenvalue weighted by Crippen LogP contribution is -1.84. The predicted octanol–water partition coefficient (Wildman–Crippen LogP) is 4.60. The van der Waals surface area contributed by atoms with E-state index in [0.717, 1.165) is 16.5 Å². The first-order valence-electron chi connectivity index (χ1n) is 5.54. The van der Waals surface area contributed by atoms with Gasteiger partial charge < -0.3 is 0 Å². The van der Waals surface area contributed by atoms with E-state index in [1.807, 2.05) is 42.5 Å². The van der Waals surface area contributed by atoms with Crippen molar-refractivity contribution in [2.45, 2.75) is 6.42 Å². The molecule has 0 amide bonds. The number of hydrogen-bond donors (Lipinski definition) is 0. The summed E-state index contributed by atoms with van der Waals surface area (Å²) in [7, 11) is 0. The molecule has 1 heterocycles. The van der Waals surface area contributed by atoms with E-state index >= 15 is 0 Å². The Morgan fingerprint density at radius 2 is 2.22 bits per heavy atom. The smallest absolute Gasteiger partial charge is 0.136 e. The number of pyridine rings is 1. The van der Waals surface area contributed by atoms with Crippen LogP contribution < -0.4 is 0 Å². The quantitative estimate of drug-likeness (QED) is 0.260. The Labute approximate surface area is 110 Å². The van der Waals surface area contributed by atoms with Crippen LogP contribution in [-0.4, -0.2) is 11.5 Å². The van der Waals surface area contributed by atoms with Gasteiger partial charge in [0.25, 0.3) is 0 Å². The zero-order valence-corrected chi connectivity index (χ0v) is 10.4. The minimum absolute atomic E-state index is 0.450. The van der Waals surface area contributed by atoms with E-state index in [9.17, 15) is 0 Å². The molecule has 1 aromatic carbocycles. The molecule has 0 spiro atoms. The summed E-state index contributed by atoms with van der Waals surface area (Å²) in [5.74, 6) is 0. The van der Waals surface area contributed by atoms with E-state index < -0.39 is 0 Å². The lowest BCUT2D eigenvalue weighted by atomic mass is 10.1. The van der Waals surface area contributed by atoms with Gasteiger partial charge in [-0.25, -0.2) is 4.98 Å². The number of para-hydroxylation sites is 1. The number of halogens is 1. The minimum Gasteiger partial charge on any atom is -0.235 e. The van der Waals surface area contributed by atoms with Gasteiger partial charge in [0.2, 0.25) is 0 Å². The normalized spacial score (nSPS) is 10.7. The molecule has 90 valence electrons. The Bertz CT molecular complexity index is 630. The lowest BCUT2D eigenvalue weighted by molar-refractivity contribution is 0.995. The Hall–Kier alpha value is -2.03. The second kappa shape index (κ2) is 6.05. The van der Waals surface area contributed by atoms with Gasteiger partial charge >= 0.3 is 0 Å². The van der Waals surface area contributed by atoms with Crippen molar-refractivity contribution in [3.63, 3.8) is 0 Å². The standard InChI is InChI=1S/C13H11ClN4/c14-13-11(6-3-4-8-16-18-15)9-10-5-1-2-7-12(10)17-13/h1-3,5-7,9H,4,8H2. The van der Waals surface area contributed by atoms with Crippen molar-refractivity contribution < 1.29 is 0 Å². The number of rotatable bonds is 4. The fraction of sp³-hybridized carbons (Fsp3) is 0.154. The van der Waals surface area contributed by atoms with E-state index in [0.29, 0.717) is 18.1 Å². The number of hydrogen-bond acceptors (Lipinski definition) is 2. The van der Waals surface area contributed by atoms with Crippen LogP contribution in [0.5, 0.6) is 0 Å². The van der Waals surface area contributed by atoms with Crippen molar-refractivity contribution in [3.05, 3.63) is 57.6 Å². The van der Waals surface area contributed by atoms with Crippen LogP contribution in [0.15, 0.2) is 41.5 Å². The first-order valence-corrected chi connectivity index (χ1v) is 5.92. The third kappa shape index (κ3) is 3.00. The van der Waals surface area contributed by atoms with Crippen molar-refractivity contribution in [1.82, 2.24) is 4.98 Å². The number of nitrogens with zero attached hydrogens (tertiary/aromatic N) is 4. The van der Waals surface area contributed by atoms with Gasteiger partial charge in [0.05, 0.1) is 5.52 Å². The van der Waals surface area contributed by atoms with E-state index in [4.69, 9.17) is 17.1 Å². The Kier molecular flexibility index (Phi) is 4.18. The predicted molar refractivity (Wildman–Crippen MR) is 74.4 cm³/mol. The molecule has 0 N–H and O–H groups in total. The highest BCUT2D eigenvalue weighted by molar-refractivity contribution is 6.31. The lowest BCUT2D eigenvalue weighted by Gasteiger charge is -2.01. The molecular weight excluding hydrogens is 248 g/mol. The van der Waals surface area contributed by atoms with E-state index in [1.54, 1.807) is 0 Å². The zero-order valence-electron chi connectivity index (χ0n) is 9.62. The van der Waals surface area contributed by atoms with Gasteiger partial charge in [-0.2, -0.15) is 0 Å². The van der Waals surface area contributed by atoms with Crippen LogP contribution in [-0.2, 0) is 0 Å². The summed E-state index contributed by atoms with van der Waals surface area (Å²) in [5, 5.41) is 4.99. The van der Waals surface area contributed by atoms with Gasteiger partial charge in [-0.05, 0) is 24.1 Å². The molecule has 2 rings (SSSR count). The topological polar surface area (TPSA) is 61.7 Å². The number of azide groups is 1. The zero-order chi connectivity index (χ0) is 12.8. The van der Waals surface area contributed by atoms with Crippen molar-refractivity contribution >= 4 is 28.6 Å². The van der Waals surface area contributed by atoms with Crippen molar-refractivity contribution in [3.8, 4) is 0 Å². The van der Waals surface area contributed by atoms with E-state index in [1.165, 1.54) is 0 Å². The monoisotopic (exact) mass is 258 g/mol. The SMILES string of the molecule is [N-]=[N+]=NCCC=Cc1cc2ccccc2nc1Cl. The summed E-state index contributed by atoms with van der Waals surface area (Å²) >= 11 is 6.10. The van der Waals surface area contributed by atoms with Crippen LogP contribution in [0.3, 0.4) is 0 Å². The average molecular weight is 259 g/mol. The molecule has 1 aromatic heterocycles. The second-order valence-corrected chi connectivity index (χ2v) is 4.06. The summed E-state index contributed by atoms with van der Waals surface area (Å²) < 4.78 is 0. The summed E-state index contributed by atoms with van der Waals surface area (Å²) in [5.41, 5.74) is 9.90. The fourth-order valence-electron chi connectivity index (χ4n) is 1.61. The molecule has 4 nitrogen and oxygen atoms in total. The average Bonchev–Trinajstić information content (AvgIpc) is 2.39. The molecule has 0 saturated heterocycles. The third-order valence-electron chi connectivity index (χ3n) is 2.46. The largest absolute Gasteiger partial charge is 0.235 e. The number of fused-ring (bicyclic) bond motifs is 1. The van der Waals surface area contributed by atoms with Crippen molar-refractivity contribution in [1.29, 1.82) is 0 Å². The summed E-state index contributed by atoms with van der Waals surface area (Å²) in [4.78, 5) is 7.01. The van der Waals surface area contributed by atoms with Crippen LogP contribution in [0.4, 0.5) is 0 Å². The van der Waals surface area contributed by atoms with Gasteiger partial charge in [0.1, 0.15) is 5.15 Å². The van der Waals surface area contributed by atoms with Crippen LogP contribution >= 0.6 is 11.6 Å². The molecule has 0 bridgehead atoms. The fourth-order valence-corrected chi connectivity index (χ4v) is 1.82.